The highest BCUT2D eigenvalue weighted by Gasteiger charge is 2.57. The lowest BCUT2D eigenvalue weighted by molar-refractivity contribution is -0.0255. The van der Waals surface area contributed by atoms with Crippen LogP contribution in [0.4, 0.5) is 0 Å². The number of nitrogens with zero attached hydrogens (tertiary/aromatic N) is 4. The Bertz CT molecular complexity index is 1380. The first-order valence-electron chi connectivity index (χ1n) is 13.6. The van der Waals surface area contributed by atoms with Crippen LogP contribution in [-0.4, -0.2) is 25.2 Å². The molecule has 7 rings (SSSR count). The molecule has 0 amide bonds. The molecular formula is C31H36N4O. The molecule has 0 spiro atoms. The number of ether oxygens (including phenoxy) is 1. The first-order valence-corrected chi connectivity index (χ1v) is 13.6. The molecule has 3 unspecified atom stereocenters. The number of para-hydroxylation sites is 2. The van der Waals surface area contributed by atoms with Gasteiger partial charge in [-0.25, -0.2) is 9.97 Å². The maximum Gasteiger partial charge on any atom is 0.191 e. The molecule has 5 nitrogen and oxygen atoms in total. The Morgan fingerprint density at radius 2 is 1.89 bits per heavy atom. The third kappa shape index (κ3) is 3.14. The van der Waals surface area contributed by atoms with Gasteiger partial charge in [0.25, 0.3) is 0 Å². The van der Waals surface area contributed by atoms with Crippen molar-refractivity contribution in [3.05, 3.63) is 73.6 Å². The molecule has 2 saturated carbocycles. The number of benzene rings is 1. The predicted octanol–water partition coefficient (Wildman–Crippen LogP) is 7.16. The summed E-state index contributed by atoms with van der Waals surface area (Å²) < 4.78 is 10.6. The number of hydrogen-bond acceptors (Lipinski definition) is 3. The Morgan fingerprint density at radius 1 is 1.03 bits per heavy atom. The maximum atomic E-state index is 6.31. The Hall–Kier alpha value is -3.08. The summed E-state index contributed by atoms with van der Waals surface area (Å²) in [4.78, 5) is 8.84. The molecule has 1 aromatic carbocycles. The minimum absolute atomic E-state index is 0.207. The number of fused-ring (bicyclic) bond motifs is 6. The summed E-state index contributed by atoms with van der Waals surface area (Å²) in [5.74, 6) is 2.90. The third-order valence-electron chi connectivity index (χ3n) is 10.4. The van der Waals surface area contributed by atoms with Crippen molar-refractivity contribution in [1.82, 2.24) is 19.1 Å². The van der Waals surface area contributed by atoms with Crippen molar-refractivity contribution in [3.63, 3.8) is 0 Å². The highest BCUT2D eigenvalue weighted by molar-refractivity contribution is 5.80. The molecule has 2 heterocycles. The molecule has 0 bridgehead atoms. The maximum absolute atomic E-state index is 6.31. The predicted molar refractivity (Wildman–Crippen MR) is 144 cm³/mol. The molecule has 4 aliphatic rings. The molecule has 3 aromatic rings. The average molecular weight is 481 g/mol. The largest absolute Gasteiger partial charge is 0.475 e. The fourth-order valence-electron chi connectivity index (χ4n) is 8.46. The van der Waals surface area contributed by atoms with E-state index in [-0.39, 0.29) is 11.5 Å². The van der Waals surface area contributed by atoms with E-state index < -0.39 is 0 Å². The van der Waals surface area contributed by atoms with Crippen LogP contribution in [0.15, 0.2) is 73.6 Å². The van der Waals surface area contributed by atoms with Crippen molar-refractivity contribution in [2.24, 2.45) is 28.6 Å². The van der Waals surface area contributed by atoms with Crippen LogP contribution in [0.1, 0.15) is 58.8 Å². The molecule has 5 heteroatoms. The Balaban J connectivity index is 1.13. The van der Waals surface area contributed by atoms with Crippen molar-refractivity contribution in [2.75, 3.05) is 0 Å². The zero-order chi connectivity index (χ0) is 24.5. The second-order valence-electron chi connectivity index (χ2n) is 12.0. The number of hydrogen-bond donors (Lipinski definition) is 0. The fourth-order valence-corrected chi connectivity index (χ4v) is 8.46. The normalized spacial score (nSPS) is 35.4. The molecule has 186 valence electrons. The SMILES string of the molecule is C=C(O[C@H]1CC[C@@]2(C)C(=CCC3C2CC[C@]2(C)C(n4cnc5ccccc54)=CCC32)C1)n1ccnc1. The summed E-state index contributed by atoms with van der Waals surface area (Å²) in [5, 5.41) is 0. The van der Waals surface area contributed by atoms with Crippen LogP contribution in [0.2, 0.25) is 0 Å². The molecule has 0 N–H and O–H groups in total. The monoisotopic (exact) mass is 480 g/mol. The van der Waals surface area contributed by atoms with Gasteiger partial charge in [0.15, 0.2) is 5.88 Å². The summed E-state index contributed by atoms with van der Waals surface area (Å²) in [6, 6.07) is 8.55. The minimum atomic E-state index is 0.207. The van der Waals surface area contributed by atoms with Crippen molar-refractivity contribution in [2.45, 2.75) is 64.9 Å². The lowest BCUT2D eigenvalue weighted by Crippen LogP contribution is -2.50. The molecule has 2 fully saturated rings. The third-order valence-corrected chi connectivity index (χ3v) is 10.4. The highest BCUT2D eigenvalue weighted by atomic mass is 16.5. The molecule has 36 heavy (non-hydrogen) atoms. The number of allylic oxidation sites excluding steroid dienone is 3. The van der Waals surface area contributed by atoms with E-state index in [0.717, 1.165) is 30.2 Å². The zero-order valence-corrected chi connectivity index (χ0v) is 21.4. The van der Waals surface area contributed by atoms with Gasteiger partial charge < -0.3 is 9.30 Å². The van der Waals surface area contributed by atoms with Crippen LogP contribution >= 0.6 is 0 Å². The van der Waals surface area contributed by atoms with Gasteiger partial charge in [0.05, 0.1) is 11.0 Å². The second kappa shape index (κ2) is 7.96. The summed E-state index contributed by atoms with van der Waals surface area (Å²) in [7, 11) is 0. The molecule has 0 saturated heterocycles. The Labute approximate surface area is 213 Å². The van der Waals surface area contributed by atoms with Crippen LogP contribution in [0.25, 0.3) is 22.6 Å². The lowest BCUT2D eigenvalue weighted by Gasteiger charge is -2.57. The molecular weight excluding hydrogens is 444 g/mol. The number of rotatable bonds is 4. The average Bonchev–Trinajstić information content (AvgIpc) is 3.62. The van der Waals surface area contributed by atoms with Crippen LogP contribution in [0, 0.1) is 28.6 Å². The van der Waals surface area contributed by atoms with Gasteiger partial charge in [0.1, 0.15) is 18.8 Å². The molecule has 0 aliphatic heterocycles. The fraction of sp³-hybridized carbons (Fsp3) is 0.484. The minimum Gasteiger partial charge on any atom is -0.475 e. The number of imidazole rings is 2. The standard InChI is InChI=1S/C31H36N4O/c1-21(34-17-16-32-19-34)36-23-12-14-30(2)22(18-23)8-9-24-25-10-11-29(31(25,3)15-13-26(24)30)35-20-33-27-6-4-5-7-28(27)35/h4-8,11,16-17,19-20,23-26H,1,9-10,12-15,18H2,2-3H3/t23-,24?,25?,26?,30-,31-/m0/s1. The smallest absolute Gasteiger partial charge is 0.191 e. The van der Waals surface area contributed by atoms with Crippen molar-refractivity contribution < 1.29 is 4.74 Å². The van der Waals surface area contributed by atoms with Gasteiger partial charge in [-0.05, 0) is 80.4 Å². The van der Waals surface area contributed by atoms with E-state index in [9.17, 15) is 0 Å². The molecule has 0 radical (unpaired) electrons. The lowest BCUT2D eigenvalue weighted by atomic mass is 9.47. The van der Waals surface area contributed by atoms with Gasteiger partial charge >= 0.3 is 0 Å². The van der Waals surface area contributed by atoms with Crippen LogP contribution in [-0.2, 0) is 4.74 Å². The number of aromatic nitrogens is 4. The van der Waals surface area contributed by atoms with Crippen LogP contribution in [0.3, 0.4) is 0 Å². The van der Waals surface area contributed by atoms with Gasteiger partial charge in [-0.2, -0.15) is 0 Å². The Morgan fingerprint density at radius 3 is 2.75 bits per heavy atom. The summed E-state index contributed by atoms with van der Waals surface area (Å²) in [5.41, 5.74) is 5.95. The Kier molecular flexibility index (Phi) is 4.90. The molecule has 2 aromatic heterocycles. The van der Waals surface area contributed by atoms with Crippen LogP contribution < -0.4 is 0 Å². The van der Waals surface area contributed by atoms with Crippen molar-refractivity contribution in [3.8, 4) is 0 Å². The summed E-state index contributed by atoms with van der Waals surface area (Å²) in [6.45, 7) is 9.24. The van der Waals surface area contributed by atoms with E-state index in [1.54, 1.807) is 18.1 Å². The highest BCUT2D eigenvalue weighted by Crippen LogP contribution is 2.65. The van der Waals surface area contributed by atoms with E-state index in [1.165, 1.54) is 43.3 Å². The van der Waals surface area contributed by atoms with E-state index in [2.05, 4.69) is 72.7 Å². The molecule has 6 atom stereocenters. The van der Waals surface area contributed by atoms with Gasteiger partial charge in [0, 0.05) is 29.9 Å². The van der Waals surface area contributed by atoms with Gasteiger partial charge in [-0.15, -0.1) is 0 Å². The zero-order valence-electron chi connectivity index (χ0n) is 21.4. The van der Waals surface area contributed by atoms with E-state index >= 15 is 0 Å². The second-order valence-corrected chi connectivity index (χ2v) is 12.0. The molecule has 4 aliphatic carbocycles. The first-order chi connectivity index (χ1) is 17.5. The van der Waals surface area contributed by atoms with Crippen molar-refractivity contribution >= 4 is 22.6 Å². The first kappa shape index (κ1) is 22.1. The van der Waals surface area contributed by atoms with E-state index in [1.807, 2.05) is 10.8 Å². The topological polar surface area (TPSA) is 44.9 Å². The quantitative estimate of drug-likeness (QED) is 0.294. The summed E-state index contributed by atoms with van der Waals surface area (Å²) >= 11 is 0. The van der Waals surface area contributed by atoms with E-state index in [0.29, 0.717) is 17.2 Å². The van der Waals surface area contributed by atoms with Crippen LogP contribution in [0.5, 0.6) is 0 Å². The summed E-state index contributed by atoms with van der Waals surface area (Å²) in [6.07, 6.45) is 21.1. The van der Waals surface area contributed by atoms with E-state index in [4.69, 9.17) is 9.72 Å². The van der Waals surface area contributed by atoms with Gasteiger partial charge in [0.2, 0.25) is 0 Å². The van der Waals surface area contributed by atoms with Gasteiger partial charge in [-0.3, -0.25) is 4.57 Å². The van der Waals surface area contributed by atoms with Crippen molar-refractivity contribution in [1.29, 1.82) is 0 Å². The van der Waals surface area contributed by atoms with Gasteiger partial charge in [-0.1, -0.05) is 43.7 Å².